The van der Waals surface area contributed by atoms with Crippen molar-refractivity contribution in [3.05, 3.63) is 64.2 Å². The summed E-state index contributed by atoms with van der Waals surface area (Å²) in [5, 5.41) is 8.94. The van der Waals surface area contributed by atoms with Crippen molar-refractivity contribution in [1.82, 2.24) is 0 Å². The standard InChI is InChI=1S/C17H15F3O3/c1-10-4-3-5-11(2)13(10)9-23-15-8-12(16(21)22)6-7-14(15)17(18,19)20/h3-8H,9H2,1-2H3,(H,21,22). The van der Waals surface area contributed by atoms with Gasteiger partial charge in [-0.15, -0.1) is 0 Å². The van der Waals surface area contributed by atoms with Gasteiger partial charge in [-0.25, -0.2) is 4.79 Å². The van der Waals surface area contributed by atoms with E-state index in [1.807, 2.05) is 32.0 Å². The van der Waals surface area contributed by atoms with E-state index in [0.717, 1.165) is 34.9 Å². The number of benzene rings is 2. The number of alkyl halides is 3. The van der Waals surface area contributed by atoms with Gasteiger partial charge in [-0.3, -0.25) is 0 Å². The van der Waals surface area contributed by atoms with E-state index in [9.17, 15) is 18.0 Å². The number of aryl methyl sites for hydroxylation is 2. The van der Waals surface area contributed by atoms with Crippen molar-refractivity contribution in [2.45, 2.75) is 26.6 Å². The fraction of sp³-hybridized carbons (Fsp3) is 0.235. The molecule has 2 rings (SSSR count). The third-order valence-corrected chi connectivity index (χ3v) is 3.55. The maximum atomic E-state index is 13.0. The van der Waals surface area contributed by atoms with Crippen molar-refractivity contribution in [2.75, 3.05) is 0 Å². The predicted molar refractivity (Wildman–Crippen MR) is 78.7 cm³/mol. The molecule has 2 aromatic carbocycles. The van der Waals surface area contributed by atoms with Crippen LogP contribution in [-0.4, -0.2) is 11.1 Å². The molecule has 23 heavy (non-hydrogen) atoms. The second-order valence-corrected chi connectivity index (χ2v) is 5.17. The molecule has 0 saturated carbocycles. The van der Waals surface area contributed by atoms with Gasteiger partial charge < -0.3 is 9.84 Å². The highest BCUT2D eigenvalue weighted by Gasteiger charge is 2.34. The molecule has 0 unspecified atom stereocenters. The van der Waals surface area contributed by atoms with E-state index in [4.69, 9.17) is 9.84 Å². The Balaban J connectivity index is 2.37. The summed E-state index contributed by atoms with van der Waals surface area (Å²) in [6, 6.07) is 8.06. The van der Waals surface area contributed by atoms with Gasteiger partial charge in [0.2, 0.25) is 0 Å². The van der Waals surface area contributed by atoms with Crippen molar-refractivity contribution < 1.29 is 27.8 Å². The predicted octanol–water partition coefficient (Wildman–Crippen LogP) is 4.60. The van der Waals surface area contributed by atoms with Crippen LogP contribution in [0.3, 0.4) is 0 Å². The lowest BCUT2D eigenvalue weighted by Crippen LogP contribution is -2.11. The molecule has 122 valence electrons. The number of ether oxygens (including phenoxy) is 1. The molecule has 0 fully saturated rings. The molecule has 0 bridgehead atoms. The molecule has 0 heterocycles. The van der Waals surface area contributed by atoms with Gasteiger partial charge >= 0.3 is 12.1 Å². The fourth-order valence-electron chi connectivity index (χ4n) is 2.24. The van der Waals surface area contributed by atoms with Gasteiger partial charge in [0.15, 0.2) is 0 Å². The fourth-order valence-corrected chi connectivity index (χ4v) is 2.24. The minimum Gasteiger partial charge on any atom is -0.488 e. The number of carbonyl (C=O) groups is 1. The molecule has 0 saturated heterocycles. The van der Waals surface area contributed by atoms with Crippen LogP contribution >= 0.6 is 0 Å². The maximum absolute atomic E-state index is 13.0. The highest BCUT2D eigenvalue weighted by atomic mass is 19.4. The largest absolute Gasteiger partial charge is 0.488 e. The third-order valence-electron chi connectivity index (χ3n) is 3.55. The highest BCUT2D eigenvalue weighted by Crippen LogP contribution is 2.37. The van der Waals surface area contributed by atoms with Crippen molar-refractivity contribution in [1.29, 1.82) is 0 Å². The summed E-state index contributed by atoms with van der Waals surface area (Å²) in [5.74, 6) is -1.80. The van der Waals surface area contributed by atoms with Gasteiger partial charge in [0.1, 0.15) is 12.4 Å². The van der Waals surface area contributed by atoms with Gasteiger partial charge in [0.25, 0.3) is 0 Å². The number of carboxylic acids is 1. The summed E-state index contributed by atoms with van der Waals surface area (Å²) in [6.07, 6.45) is -4.62. The Morgan fingerprint density at radius 3 is 2.26 bits per heavy atom. The Morgan fingerprint density at radius 1 is 1.13 bits per heavy atom. The van der Waals surface area contributed by atoms with Crippen molar-refractivity contribution in [3.8, 4) is 5.75 Å². The molecular formula is C17H15F3O3. The third kappa shape index (κ3) is 3.83. The zero-order valence-electron chi connectivity index (χ0n) is 12.6. The second-order valence-electron chi connectivity index (χ2n) is 5.17. The summed E-state index contributed by atoms with van der Waals surface area (Å²) >= 11 is 0. The molecule has 0 aliphatic carbocycles. The Bertz CT molecular complexity index is 716. The first-order valence-electron chi connectivity index (χ1n) is 6.82. The van der Waals surface area contributed by atoms with Crippen LogP contribution < -0.4 is 4.74 Å². The lowest BCUT2D eigenvalue weighted by molar-refractivity contribution is -0.139. The number of hydrogen-bond donors (Lipinski definition) is 1. The maximum Gasteiger partial charge on any atom is 0.419 e. The summed E-state index contributed by atoms with van der Waals surface area (Å²) in [4.78, 5) is 11.0. The van der Waals surface area contributed by atoms with Crippen LogP contribution in [0.1, 0.15) is 32.6 Å². The van der Waals surface area contributed by atoms with Gasteiger partial charge in [-0.05, 0) is 48.7 Å². The summed E-state index contributed by atoms with van der Waals surface area (Å²) in [5.41, 5.74) is 1.32. The quantitative estimate of drug-likeness (QED) is 0.894. The zero-order valence-corrected chi connectivity index (χ0v) is 12.6. The highest BCUT2D eigenvalue weighted by molar-refractivity contribution is 5.88. The molecule has 0 aliphatic rings. The number of hydrogen-bond acceptors (Lipinski definition) is 2. The van der Waals surface area contributed by atoms with Crippen LogP contribution in [0, 0.1) is 13.8 Å². The zero-order chi connectivity index (χ0) is 17.2. The Labute approximate surface area is 131 Å². The van der Waals surface area contributed by atoms with E-state index in [1.165, 1.54) is 0 Å². The smallest absolute Gasteiger partial charge is 0.419 e. The van der Waals surface area contributed by atoms with E-state index in [0.29, 0.717) is 0 Å². The first kappa shape index (κ1) is 16.9. The molecule has 1 N–H and O–H groups in total. The lowest BCUT2D eigenvalue weighted by Gasteiger charge is -2.16. The Morgan fingerprint density at radius 2 is 1.74 bits per heavy atom. The number of halogens is 3. The van der Waals surface area contributed by atoms with E-state index in [2.05, 4.69) is 0 Å². The van der Waals surface area contributed by atoms with Gasteiger partial charge in [-0.2, -0.15) is 13.2 Å². The van der Waals surface area contributed by atoms with Crippen LogP contribution in [0.4, 0.5) is 13.2 Å². The first-order chi connectivity index (χ1) is 10.7. The number of rotatable bonds is 4. The average molecular weight is 324 g/mol. The van der Waals surface area contributed by atoms with Crippen LogP contribution in [0.25, 0.3) is 0 Å². The topological polar surface area (TPSA) is 46.5 Å². The van der Waals surface area contributed by atoms with Crippen molar-refractivity contribution in [3.63, 3.8) is 0 Å². The van der Waals surface area contributed by atoms with Crippen LogP contribution in [0.15, 0.2) is 36.4 Å². The summed E-state index contributed by atoms with van der Waals surface area (Å²) < 4.78 is 44.4. The van der Waals surface area contributed by atoms with Crippen LogP contribution in [0.2, 0.25) is 0 Å². The van der Waals surface area contributed by atoms with Gasteiger partial charge in [0.05, 0.1) is 11.1 Å². The van der Waals surface area contributed by atoms with E-state index in [1.54, 1.807) is 0 Å². The molecule has 0 spiro atoms. The SMILES string of the molecule is Cc1cccc(C)c1COc1cc(C(=O)O)ccc1C(F)(F)F. The molecule has 0 aliphatic heterocycles. The van der Waals surface area contributed by atoms with Crippen LogP contribution in [0.5, 0.6) is 5.75 Å². The lowest BCUT2D eigenvalue weighted by atomic mass is 10.0. The molecular weight excluding hydrogens is 309 g/mol. The van der Waals surface area contributed by atoms with Crippen molar-refractivity contribution >= 4 is 5.97 Å². The van der Waals surface area contributed by atoms with Crippen LogP contribution in [-0.2, 0) is 12.8 Å². The molecule has 0 amide bonds. The first-order valence-corrected chi connectivity index (χ1v) is 6.82. The average Bonchev–Trinajstić information content (AvgIpc) is 2.45. The van der Waals surface area contributed by atoms with Crippen molar-refractivity contribution in [2.24, 2.45) is 0 Å². The van der Waals surface area contributed by atoms with E-state index >= 15 is 0 Å². The molecule has 0 radical (unpaired) electrons. The molecule has 6 heteroatoms. The minimum absolute atomic E-state index is 0.0648. The number of carboxylic acid groups (broad SMARTS) is 1. The van der Waals surface area contributed by atoms with E-state index < -0.39 is 23.5 Å². The van der Waals surface area contributed by atoms with E-state index in [-0.39, 0.29) is 12.2 Å². The van der Waals surface area contributed by atoms with Gasteiger partial charge in [-0.1, -0.05) is 18.2 Å². The monoisotopic (exact) mass is 324 g/mol. The molecule has 2 aromatic rings. The minimum atomic E-state index is -4.62. The summed E-state index contributed by atoms with van der Waals surface area (Å²) in [6.45, 7) is 3.61. The number of aromatic carboxylic acids is 1. The molecule has 3 nitrogen and oxygen atoms in total. The Hall–Kier alpha value is -2.50. The second kappa shape index (κ2) is 6.32. The molecule has 0 aromatic heterocycles. The normalized spacial score (nSPS) is 11.3. The van der Waals surface area contributed by atoms with Gasteiger partial charge in [0, 0.05) is 0 Å². The molecule has 0 atom stereocenters. The Kier molecular flexibility index (Phi) is 4.63. The summed E-state index contributed by atoms with van der Waals surface area (Å²) in [7, 11) is 0.